The highest BCUT2D eigenvalue weighted by Crippen LogP contribution is 2.17. The van der Waals surface area contributed by atoms with Gasteiger partial charge >= 0.3 is 0 Å². The van der Waals surface area contributed by atoms with E-state index in [0.717, 1.165) is 11.1 Å². The molecule has 0 amide bonds. The molecule has 0 spiro atoms. The Bertz CT molecular complexity index is 529. The average Bonchev–Trinajstić information content (AvgIpc) is 2.30. The SMILES string of the molecule is Cc1ccccc1CNc1ncc(Cl)cc1F. The Hall–Kier alpha value is -1.61. The van der Waals surface area contributed by atoms with E-state index in [0.29, 0.717) is 11.6 Å². The van der Waals surface area contributed by atoms with Crippen LogP contribution in [0.3, 0.4) is 0 Å². The zero-order valence-electron chi connectivity index (χ0n) is 9.37. The first-order valence-corrected chi connectivity index (χ1v) is 5.64. The number of rotatable bonds is 3. The molecule has 4 heteroatoms. The number of aromatic nitrogens is 1. The van der Waals surface area contributed by atoms with Gasteiger partial charge in [-0.25, -0.2) is 9.37 Å². The first-order chi connectivity index (χ1) is 8.16. The van der Waals surface area contributed by atoms with Gasteiger partial charge in [-0.05, 0) is 24.1 Å². The number of nitrogens with zero attached hydrogens (tertiary/aromatic N) is 1. The van der Waals surface area contributed by atoms with E-state index in [-0.39, 0.29) is 5.82 Å². The van der Waals surface area contributed by atoms with Crippen molar-refractivity contribution in [3.63, 3.8) is 0 Å². The van der Waals surface area contributed by atoms with E-state index < -0.39 is 5.82 Å². The first kappa shape index (κ1) is 11.9. The van der Waals surface area contributed by atoms with E-state index in [9.17, 15) is 4.39 Å². The van der Waals surface area contributed by atoms with Crippen LogP contribution < -0.4 is 5.32 Å². The quantitative estimate of drug-likeness (QED) is 0.896. The lowest BCUT2D eigenvalue weighted by atomic mass is 10.1. The first-order valence-electron chi connectivity index (χ1n) is 5.26. The van der Waals surface area contributed by atoms with Crippen LogP contribution >= 0.6 is 11.6 Å². The van der Waals surface area contributed by atoms with E-state index in [1.54, 1.807) is 0 Å². The van der Waals surface area contributed by atoms with Crippen molar-refractivity contribution >= 4 is 17.4 Å². The number of hydrogen-bond acceptors (Lipinski definition) is 2. The number of aryl methyl sites for hydroxylation is 1. The fourth-order valence-electron chi connectivity index (χ4n) is 1.53. The minimum Gasteiger partial charge on any atom is -0.364 e. The van der Waals surface area contributed by atoms with Crippen LogP contribution in [0.5, 0.6) is 0 Å². The average molecular weight is 251 g/mol. The Balaban J connectivity index is 2.10. The summed E-state index contributed by atoms with van der Waals surface area (Å²) >= 11 is 5.63. The molecule has 0 saturated heterocycles. The summed E-state index contributed by atoms with van der Waals surface area (Å²) in [5.41, 5.74) is 2.28. The van der Waals surface area contributed by atoms with Crippen LogP contribution in [0.15, 0.2) is 36.5 Å². The van der Waals surface area contributed by atoms with Crippen LogP contribution in [0.1, 0.15) is 11.1 Å². The van der Waals surface area contributed by atoms with Crippen molar-refractivity contribution in [2.45, 2.75) is 13.5 Å². The normalized spacial score (nSPS) is 10.3. The summed E-state index contributed by atoms with van der Waals surface area (Å²) < 4.78 is 13.4. The second-order valence-electron chi connectivity index (χ2n) is 3.76. The van der Waals surface area contributed by atoms with Crippen molar-refractivity contribution in [2.75, 3.05) is 5.32 Å². The molecule has 2 aromatic rings. The second kappa shape index (κ2) is 5.15. The molecule has 0 unspecified atom stereocenters. The summed E-state index contributed by atoms with van der Waals surface area (Å²) in [7, 11) is 0. The molecule has 1 aromatic heterocycles. The zero-order chi connectivity index (χ0) is 12.3. The molecule has 88 valence electrons. The number of nitrogens with one attached hydrogen (secondary N) is 1. The monoisotopic (exact) mass is 250 g/mol. The maximum Gasteiger partial charge on any atom is 0.166 e. The fraction of sp³-hybridized carbons (Fsp3) is 0.154. The van der Waals surface area contributed by atoms with Gasteiger partial charge < -0.3 is 5.32 Å². The van der Waals surface area contributed by atoms with E-state index in [1.165, 1.54) is 12.3 Å². The van der Waals surface area contributed by atoms with Crippen LogP contribution in [-0.2, 0) is 6.54 Å². The number of anilines is 1. The molecule has 0 saturated carbocycles. The van der Waals surface area contributed by atoms with E-state index in [2.05, 4.69) is 10.3 Å². The van der Waals surface area contributed by atoms with E-state index in [1.807, 2.05) is 31.2 Å². The number of hydrogen-bond donors (Lipinski definition) is 1. The molecule has 0 aliphatic heterocycles. The summed E-state index contributed by atoms with van der Waals surface area (Å²) in [5.74, 6) is -0.219. The van der Waals surface area contributed by atoms with Gasteiger partial charge in [0.05, 0.1) is 5.02 Å². The summed E-state index contributed by atoms with van der Waals surface area (Å²) in [6, 6.07) is 9.18. The summed E-state index contributed by atoms with van der Waals surface area (Å²) in [6.07, 6.45) is 1.42. The Morgan fingerprint density at radius 1 is 1.35 bits per heavy atom. The van der Waals surface area contributed by atoms with Crippen molar-refractivity contribution in [3.05, 3.63) is 58.5 Å². The Labute approximate surface area is 104 Å². The largest absolute Gasteiger partial charge is 0.364 e. The van der Waals surface area contributed by atoms with Crippen LogP contribution in [-0.4, -0.2) is 4.98 Å². The minimum atomic E-state index is -0.439. The van der Waals surface area contributed by atoms with Crippen LogP contribution in [0.25, 0.3) is 0 Å². The third-order valence-corrected chi connectivity index (χ3v) is 2.72. The highest BCUT2D eigenvalue weighted by Gasteiger charge is 2.04. The van der Waals surface area contributed by atoms with Crippen molar-refractivity contribution in [1.29, 1.82) is 0 Å². The Morgan fingerprint density at radius 3 is 2.82 bits per heavy atom. The predicted octanol–water partition coefficient (Wildman–Crippen LogP) is 3.79. The van der Waals surface area contributed by atoms with Gasteiger partial charge in [-0.1, -0.05) is 35.9 Å². The second-order valence-corrected chi connectivity index (χ2v) is 4.20. The van der Waals surface area contributed by atoms with Gasteiger partial charge in [-0.2, -0.15) is 0 Å². The summed E-state index contributed by atoms with van der Waals surface area (Å²) in [4.78, 5) is 3.90. The van der Waals surface area contributed by atoms with E-state index >= 15 is 0 Å². The number of benzene rings is 1. The van der Waals surface area contributed by atoms with Gasteiger partial charge in [-0.3, -0.25) is 0 Å². The molecular weight excluding hydrogens is 239 g/mol. The summed E-state index contributed by atoms with van der Waals surface area (Å²) in [6.45, 7) is 2.56. The van der Waals surface area contributed by atoms with Crippen LogP contribution in [0.2, 0.25) is 5.02 Å². The van der Waals surface area contributed by atoms with Crippen molar-refractivity contribution in [3.8, 4) is 0 Å². The zero-order valence-corrected chi connectivity index (χ0v) is 10.1. The van der Waals surface area contributed by atoms with Gasteiger partial charge in [-0.15, -0.1) is 0 Å². The van der Waals surface area contributed by atoms with Crippen molar-refractivity contribution < 1.29 is 4.39 Å². The molecule has 2 rings (SSSR count). The third kappa shape index (κ3) is 2.94. The van der Waals surface area contributed by atoms with Crippen molar-refractivity contribution in [1.82, 2.24) is 4.98 Å². The predicted molar refractivity (Wildman–Crippen MR) is 67.7 cm³/mol. The lowest BCUT2D eigenvalue weighted by Gasteiger charge is -2.08. The molecule has 2 nitrogen and oxygen atoms in total. The maximum atomic E-state index is 13.4. The van der Waals surface area contributed by atoms with Gasteiger partial charge in [0.2, 0.25) is 0 Å². The Morgan fingerprint density at radius 2 is 2.12 bits per heavy atom. The highest BCUT2D eigenvalue weighted by atomic mass is 35.5. The number of halogens is 2. The van der Waals surface area contributed by atoms with Gasteiger partial charge in [0.1, 0.15) is 0 Å². The van der Waals surface area contributed by atoms with E-state index in [4.69, 9.17) is 11.6 Å². The molecule has 0 atom stereocenters. The van der Waals surface area contributed by atoms with Gasteiger partial charge in [0.25, 0.3) is 0 Å². The molecule has 1 aromatic carbocycles. The third-order valence-electron chi connectivity index (χ3n) is 2.52. The minimum absolute atomic E-state index is 0.220. The molecule has 0 aliphatic carbocycles. The molecule has 0 aliphatic rings. The standard InChI is InChI=1S/C13H12ClFN2/c1-9-4-2-3-5-10(9)7-16-13-12(15)6-11(14)8-17-13/h2-6,8H,7H2,1H3,(H,16,17). The molecule has 1 heterocycles. The molecular formula is C13H12ClFN2. The van der Waals surface area contributed by atoms with Gasteiger partial charge in [0, 0.05) is 12.7 Å². The lowest BCUT2D eigenvalue weighted by molar-refractivity contribution is 0.624. The Kier molecular flexibility index (Phi) is 3.59. The summed E-state index contributed by atoms with van der Waals surface area (Å²) in [5, 5.41) is 3.25. The lowest BCUT2D eigenvalue weighted by Crippen LogP contribution is -2.04. The van der Waals surface area contributed by atoms with Crippen molar-refractivity contribution in [2.24, 2.45) is 0 Å². The molecule has 0 bridgehead atoms. The highest BCUT2D eigenvalue weighted by molar-refractivity contribution is 6.30. The maximum absolute atomic E-state index is 13.4. The molecule has 17 heavy (non-hydrogen) atoms. The fourth-order valence-corrected chi connectivity index (χ4v) is 1.68. The molecule has 1 N–H and O–H groups in total. The number of pyridine rings is 1. The van der Waals surface area contributed by atoms with Crippen LogP contribution in [0.4, 0.5) is 10.2 Å². The molecule has 0 radical (unpaired) electrons. The smallest absolute Gasteiger partial charge is 0.166 e. The van der Waals surface area contributed by atoms with Gasteiger partial charge in [0.15, 0.2) is 11.6 Å². The molecule has 0 fully saturated rings. The topological polar surface area (TPSA) is 24.9 Å². The van der Waals surface area contributed by atoms with Crippen LogP contribution in [0, 0.1) is 12.7 Å².